The van der Waals surface area contributed by atoms with Gasteiger partial charge in [0.1, 0.15) is 5.65 Å². The molecule has 0 aliphatic rings. The summed E-state index contributed by atoms with van der Waals surface area (Å²) in [6, 6.07) is 12.7. The van der Waals surface area contributed by atoms with Crippen LogP contribution < -0.4 is 16.2 Å². The average Bonchev–Trinajstić information content (AvgIpc) is 3.14. The second-order valence-corrected chi connectivity index (χ2v) is 8.72. The maximum atomic E-state index is 12.3. The van der Waals surface area contributed by atoms with E-state index in [0.29, 0.717) is 27.9 Å². The zero-order chi connectivity index (χ0) is 21.1. The zero-order valence-electron chi connectivity index (χ0n) is 16.2. The number of fused-ring (bicyclic) bond motifs is 1. The summed E-state index contributed by atoms with van der Waals surface area (Å²) in [5, 5.41) is 14.9. The summed E-state index contributed by atoms with van der Waals surface area (Å²) in [5.74, 6) is 0.395. The first-order valence-electron chi connectivity index (χ1n) is 9.07. The van der Waals surface area contributed by atoms with E-state index in [0.717, 1.165) is 15.6 Å². The largest absolute Gasteiger partial charge is 0.330 e. The third kappa shape index (κ3) is 4.66. The molecule has 152 valence electrons. The molecule has 0 fully saturated rings. The van der Waals surface area contributed by atoms with Crippen LogP contribution in [0.2, 0.25) is 0 Å². The highest BCUT2D eigenvalue weighted by molar-refractivity contribution is 8.00. The lowest BCUT2D eigenvalue weighted by molar-refractivity contribution is -0.114. The Morgan fingerprint density at radius 2 is 2.00 bits per heavy atom. The number of rotatable bonds is 6. The van der Waals surface area contributed by atoms with Crippen molar-refractivity contribution in [3.63, 3.8) is 0 Å². The number of carbonyl (C=O) groups is 1. The van der Waals surface area contributed by atoms with Crippen molar-refractivity contribution in [2.24, 2.45) is 0 Å². The SMILES string of the molecule is CC(=O)Nc1cccc(Nc2nnc(SCc3cc(=O)n4cccc(C)c4n3)s2)c1. The van der Waals surface area contributed by atoms with Crippen molar-refractivity contribution in [2.45, 2.75) is 23.9 Å². The molecule has 8 nitrogen and oxygen atoms in total. The number of carbonyl (C=O) groups excluding carboxylic acids is 1. The van der Waals surface area contributed by atoms with Gasteiger partial charge in [0.25, 0.3) is 5.56 Å². The van der Waals surface area contributed by atoms with E-state index in [2.05, 4.69) is 25.8 Å². The van der Waals surface area contributed by atoms with Gasteiger partial charge in [-0.05, 0) is 36.8 Å². The van der Waals surface area contributed by atoms with Gasteiger partial charge in [-0.3, -0.25) is 14.0 Å². The molecule has 3 heterocycles. The maximum Gasteiger partial charge on any atom is 0.258 e. The Morgan fingerprint density at radius 1 is 1.17 bits per heavy atom. The molecule has 0 saturated carbocycles. The van der Waals surface area contributed by atoms with E-state index < -0.39 is 0 Å². The zero-order valence-corrected chi connectivity index (χ0v) is 17.9. The second-order valence-electron chi connectivity index (χ2n) is 6.52. The van der Waals surface area contributed by atoms with E-state index in [1.807, 2.05) is 43.3 Å². The smallest absolute Gasteiger partial charge is 0.258 e. The van der Waals surface area contributed by atoms with E-state index in [9.17, 15) is 9.59 Å². The van der Waals surface area contributed by atoms with Gasteiger partial charge in [-0.1, -0.05) is 35.2 Å². The highest BCUT2D eigenvalue weighted by atomic mass is 32.2. The number of hydrogen-bond acceptors (Lipinski definition) is 8. The normalized spacial score (nSPS) is 10.9. The lowest BCUT2D eigenvalue weighted by Crippen LogP contribution is -2.15. The van der Waals surface area contributed by atoms with Crippen LogP contribution in [-0.4, -0.2) is 25.5 Å². The van der Waals surface area contributed by atoms with Crippen molar-refractivity contribution in [3.05, 3.63) is 70.3 Å². The fourth-order valence-electron chi connectivity index (χ4n) is 2.84. The van der Waals surface area contributed by atoms with Gasteiger partial charge >= 0.3 is 0 Å². The van der Waals surface area contributed by atoms with Crippen molar-refractivity contribution in [2.75, 3.05) is 10.6 Å². The Labute approximate surface area is 180 Å². The van der Waals surface area contributed by atoms with Crippen LogP contribution in [0, 0.1) is 6.92 Å². The molecule has 0 radical (unpaired) electrons. The van der Waals surface area contributed by atoms with Gasteiger partial charge in [0.15, 0.2) is 4.34 Å². The highest BCUT2D eigenvalue weighted by Gasteiger charge is 2.09. The molecular weight excluding hydrogens is 420 g/mol. The van der Waals surface area contributed by atoms with Gasteiger partial charge in [0, 0.05) is 36.3 Å². The van der Waals surface area contributed by atoms with E-state index in [-0.39, 0.29) is 11.5 Å². The van der Waals surface area contributed by atoms with Crippen LogP contribution in [0.5, 0.6) is 0 Å². The summed E-state index contributed by atoms with van der Waals surface area (Å²) in [7, 11) is 0. The Kier molecular flexibility index (Phi) is 5.77. The Bertz CT molecular complexity index is 1280. The second kappa shape index (κ2) is 8.64. The van der Waals surface area contributed by atoms with Crippen molar-refractivity contribution >= 4 is 51.2 Å². The van der Waals surface area contributed by atoms with Crippen LogP contribution in [0.25, 0.3) is 5.65 Å². The van der Waals surface area contributed by atoms with Crippen molar-refractivity contribution in [1.82, 2.24) is 19.6 Å². The molecule has 2 N–H and O–H groups in total. The van der Waals surface area contributed by atoms with Crippen molar-refractivity contribution < 1.29 is 4.79 Å². The predicted octanol–water partition coefficient (Wildman–Crippen LogP) is 3.85. The van der Waals surface area contributed by atoms with Crippen LogP contribution >= 0.6 is 23.1 Å². The van der Waals surface area contributed by atoms with Crippen molar-refractivity contribution in [3.8, 4) is 0 Å². The number of thioether (sulfide) groups is 1. The molecule has 0 bridgehead atoms. The molecular formula is C20H18N6O2S2. The van der Waals surface area contributed by atoms with E-state index in [1.165, 1.54) is 30.0 Å². The number of nitrogens with one attached hydrogen (secondary N) is 2. The molecule has 4 aromatic rings. The minimum atomic E-state index is -0.126. The minimum Gasteiger partial charge on any atom is -0.330 e. The summed E-state index contributed by atoms with van der Waals surface area (Å²) in [6.07, 6.45) is 1.72. The molecule has 0 atom stereocenters. The number of hydrogen-bond donors (Lipinski definition) is 2. The first-order valence-corrected chi connectivity index (χ1v) is 10.9. The van der Waals surface area contributed by atoms with Crippen LogP contribution in [0.3, 0.4) is 0 Å². The molecule has 0 aliphatic carbocycles. The lowest BCUT2D eigenvalue weighted by Gasteiger charge is -2.06. The molecule has 0 spiro atoms. The third-order valence-corrected chi connectivity index (χ3v) is 6.13. The molecule has 3 aromatic heterocycles. The van der Waals surface area contributed by atoms with Gasteiger partial charge < -0.3 is 10.6 Å². The fraction of sp³-hybridized carbons (Fsp3) is 0.150. The van der Waals surface area contributed by atoms with Gasteiger partial charge in [0.2, 0.25) is 11.0 Å². The third-order valence-electron chi connectivity index (χ3n) is 4.12. The summed E-state index contributed by atoms with van der Waals surface area (Å²) in [4.78, 5) is 28.1. The van der Waals surface area contributed by atoms with Gasteiger partial charge in [0.05, 0.1) is 5.69 Å². The Morgan fingerprint density at radius 3 is 2.83 bits per heavy atom. The molecule has 4 rings (SSSR count). The molecule has 0 aliphatic heterocycles. The molecule has 0 saturated heterocycles. The van der Waals surface area contributed by atoms with Crippen LogP contribution in [0.4, 0.5) is 16.5 Å². The number of aryl methyl sites for hydroxylation is 1. The highest BCUT2D eigenvalue weighted by Crippen LogP contribution is 2.30. The number of benzene rings is 1. The first-order chi connectivity index (χ1) is 14.5. The summed E-state index contributed by atoms with van der Waals surface area (Å²) in [6.45, 7) is 3.40. The topological polar surface area (TPSA) is 101 Å². The van der Waals surface area contributed by atoms with Gasteiger partial charge in [-0.25, -0.2) is 4.98 Å². The monoisotopic (exact) mass is 438 g/mol. The summed E-state index contributed by atoms with van der Waals surface area (Å²) in [5.41, 5.74) is 3.72. The van der Waals surface area contributed by atoms with E-state index in [4.69, 9.17) is 0 Å². The first kappa shape index (κ1) is 20.0. The molecule has 30 heavy (non-hydrogen) atoms. The molecule has 1 amide bonds. The molecule has 1 aromatic carbocycles. The van der Waals surface area contributed by atoms with Crippen LogP contribution in [0.1, 0.15) is 18.2 Å². The minimum absolute atomic E-state index is 0.0991. The number of pyridine rings is 1. The maximum absolute atomic E-state index is 12.3. The number of nitrogens with zero attached hydrogens (tertiary/aromatic N) is 4. The molecule has 10 heteroatoms. The average molecular weight is 439 g/mol. The number of aromatic nitrogens is 4. The fourth-order valence-corrected chi connectivity index (χ4v) is 4.50. The summed E-state index contributed by atoms with van der Waals surface area (Å²) >= 11 is 2.89. The van der Waals surface area contributed by atoms with E-state index in [1.54, 1.807) is 16.7 Å². The Balaban J connectivity index is 1.44. The van der Waals surface area contributed by atoms with E-state index >= 15 is 0 Å². The van der Waals surface area contributed by atoms with Crippen molar-refractivity contribution in [1.29, 1.82) is 0 Å². The lowest BCUT2D eigenvalue weighted by atomic mass is 10.3. The van der Waals surface area contributed by atoms with Gasteiger partial charge in [-0.2, -0.15) is 0 Å². The summed E-state index contributed by atoms with van der Waals surface area (Å²) < 4.78 is 2.31. The number of amides is 1. The van der Waals surface area contributed by atoms with Gasteiger partial charge in [-0.15, -0.1) is 10.2 Å². The van der Waals surface area contributed by atoms with Crippen LogP contribution in [-0.2, 0) is 10.5 Å². The quantitative estimate of drug-likeness (QED) is 0.441. The Hall–Kier alpha value is -3.24. The predicted molar refractivity (Wildman–Crippen MR) is 120 cm³/mol. The number of anilines is 3. The van der Waals surface area contributed by atoms with Crippen LogP contribution in [0.15, 0.2) is 57.8 Å². The standard InChI is InChI=1S/C20H18N6O2S2/c1-12-5-4-8-26-17(28)10-16(22-18(12)26)11-29-20-25-24-19(30-20)23-15-7-3-6-14(9-15)21-13(2)27/h3-10H,11H2,1-2H3,(H,21,27)(H,23,24). The molecule has 0 unspecified atom stereocenters.